The van der Waals surface area contributed by atoms with Gasteiger partial charge in [0.25, 0.3) is 5.91 Å². The highest BCUT2D eigenvalue weighted by Gasteiger charge is 2.34. The molecule has 1 aromatic rings. The molecular formula is C20H26F2N2O5S. The van der Waals surface area contributed by atoms with E-state index in [1.54, 1.807) is 4.90 Å². The minimum Gasteiger partial charge on any atom is -0.455 e. The van der Waals surface area contributed by atoms with Crippen LogP contribution in [-0.4, -0.2) is 62.3 Å². The second kappa shape index (κ2) is 9.38. The molecule has 1 aromatic carbocycles. The van der Waals surface area contributed by atoms with Crippen LogP contribution in [0.5, 0.6) is 0 Å². The number of ether oxygens (including phenoxy) is 1. The number of piperidine rings is 2. The Morgan fingerprint density at radius 1 is 1.07 bits per heavy atom. The van der Waals surface area contributed by atoms with E-state index >= 15 is 0 Å². The summed E-state index contributed by atoms with van der Waals surface area (Å²) in [5.74, 6) is -2.59. The lowest BCUT2D eigenvalue weighted by Gasteiger charge is -2.31. The van der Waals surface area contributed by atoms with Crippen molar-refractivity contribution in [2.75, 3.05) is 32.8 Å². The number of carbonyl (C=O) groups excluding carboxylic acids is 2. The van der Waals surface area contributed by atoms with Gasteiger partial charge in [0.1, 0.15) is 16.5 Å². The largest absolute Gasteiger partial charge is 0.455 e. The Morgan fingerprint density at radius 2 is 1.70 bits per heavy atom. The van der Waals surface area contributed by atoms with Crippen LogP contribution in [-0.2, 0) is 24.3 Å². The van der Waals surface area contributed by atoms with Gasteiger partial charge in [0, 0.05) is 26.2 Å². The molecule has 2 aliphatic rings. The van der Waals surface area contributed by atoms with Crippen LogP contribution >= 0.6 is 0 Å². The molecule has 0 spiro atoms. The van der Waals surface area contributed by atoms with Crippen LogP contribution in [0.3, 0.4) is 0 Å². The van der Waals surface area contributed by atoms with Gasteiger partial charge in [0.05, 0.1) is 5.92 Å². The zero-order chi connectivity index (χ0) is 21.9. The molecule has 0 saturated carbocycles. The first-order valence-corrected chi connectivity index (χ1v) is 11.5. The molecule has 2 aliphatic heterocycles. The summed E-state index contributed by atoms with van der Waals surface area (Å²) in [4.78, 5) is 25.5. The number of halogens is 2. The number of carbonyl (C=O) groups is 2. The molecule has 2 fully saturated rings. The number of amides is 1. The molecule has 0 atom stereocenters. The van der Waals surface area contributed by atoms with Crippen LogP contribution in [0.2, 0.25) is 0 Å². The molecule has 2 saturated heterocycles. The highest BCUT2D eigenvalue weighted by molar-refractivity contribution is 7.89. The fraction of sp³-hybridized carbons (Fsp3) is 0.600. The Morgan fingerprint density at radius 3 is 2.33 bits per heavy atom. The summed E-state index contributed by atoms with van der Waals surface area (Å²) >= 11 is 0. The van der Waals surface area contributed by atoms with Gasteiger partial charge in [-0.25, -0.2) is 17.2 Å². The van der Waals surface area contributed by atoms with Gasteiger partial charge in [-0.05, 0) is 49.8 Å². The summed E-state index contributed by atoms with van der Waals surface area (Å²) in [5, 5.41) is 0. The third-order valence-corrected chi connectivity index (χ3v) is 7.69. The van der Waals surface area contributed by atoms with Crippen molar-refractivity contribution in [1.82, 2.24) is 9.21 Å². The molecular weight excluding hydrogens is 418 g/mol. The van der Waals surface area contributed by atoms with E-state index in [1.807, 2.05) is 0 Å². The number of esters is 1. The average Bonchev–Trinajstić information content (AvgIpc) is 2.74. The summed E-state index contributed by atoms with van der Waals surface area (Å²) in [6, 6.07) is 2.27. The lowest BCUT2D eigenvalue weighted by atomic mass is 9.98. The van der Waals surface area contributed by atoms with E-state index in [9.17, 15) is 26.8 Å². The van der Waals surface area contributed by atoms with E-state index in [2.05, 4.69) is 6.92 Å². The van der Waals surface area contributed by atoms with Crippen LogP contribution < -0.4 is 0 Å². The summed E-state index contributed by atoms with van der Waals surface area (Å²) < 4.78 is 58.7. The molecule has 0 bridgehead atoms. The van der Waals surface area contributed by atoms with Crippen LogP contribution in [0, 0.1) is 23.5 Å². The Labute approximate surface area is 175 Å². The first kappa shape index (κ1) is 22.6. The first-order valence-electron chi connectivity index (χ1n) is 10.1. The molecule has 3 rings (SSSR count). The third kappa shape index (κ3) is 5.15. The lowest BCUT2D eigenvalue weighted by Crippen LogP contribution is -2.42. The number of sulfonamides is 1. The van der Waals surface area contributed by atoms with Gasteiger partial charge in [0.2, 0.25) is 10.0 Å². The predicted molar refractivity (Wildman–Crippen MR) is 104 cm³/mol. The van der Waals surface area contributed by atoms with Crippen molar-refractivity contribution in [3.63, 3.8) is 0 Å². The quantitative estimate of drug-likeness (QED) is 0.650. The number of nitrogens with zero attached hydrogens (tertiary/aromatic N) is 2. The lowest BCUT2D eigenvalue weighted by molar-refractivity contribution is -0.157. The molecule has 166 valence electrons. The van der Waals surface area contributed by atoms with Gasteiger partial charge in [-0.1, -0.05) is 6.92 Å². The van der Waals surface area contributed by atoms with E-state index in [1.165, 1.54) is 0 Å². The third-order valence-electron chi connectivity index (χ3n) is 5.77. The molecule has 0 radical (unpaired) electrons. The average molecular weight is 445 g/mol. The van der Waals surface area contributed by atoms with Crippen molar-refractivity contribution in [1.29, 1.82) is 0 Å². The summed E-state index contributed by atoms with van der Waals surface area (Å²) in [6.07, 6.45) is 2.23. The zero-order valence-electron chi connectivity index (χ0n) is 16.9. The standard InChI is InChI=1S/C20H26F2N2O5S/c1-14-4-8-23(9-5-14)19(25)13-29-20(26)15-6-10-24(11-7-15)30(27,28)18-12-16(21)2-3-17(18)22/h2-3,12,14-15H,4-11,13H2,1H3. The molecule has 7 nitrogen and oxygen atoms in total. The molecule has 1 amide bonds. The van der Waals surface area contributed by atoms with Crippen molar-refractivity contribution in [2.45, 2.75) is 37.5 Å². The smallest absolute Gasteiger partial charge is 0.309 e. The molecule has 0 aliphatic carbocycles. The van der Waals surface area contributed by atoms with E-state index in [0.29, 0.717) is 25.1 Å². The highest BCUT2D eigenvalue weighted by atomic mass is 32.2. The van der Waals surface area contributed by atoms with Crippen molar-refractivity contribution in [2.24, 2.45) is 11.8 Å². The van der Waals surface area contributed by atoms with E-state index in [-0.39, 0.29) is 38.4 Å². The second-order valence-electron chi connectivity index (χ2n) is 7.92. The van der Waals surface area contributed by atoms with Gasteiger partial charge in [-0.15, -0.1) is 0 Å². The monoisotopic (exact) mass is 444 g/mol. The Bertz CT molecular complexity index is 892. The molecule has 30 heavy (non-hydrogen) atoms. The fourth-order valence-electron chi connectivity index (χ4n) is 3.75. The van der Waals surface area contributed by atoms with Crippen molar-refractivity contribution in [3.05, 3.63) is 29.8 Å². The summed E-state index contributed by atoms with van der Waals surface area (Å²) in [7, 11) is -4.20. The minimum absolute atomic E-state index is 0.0178. The highest BCUT2D eigenvalue weighted by Crippen LogP contribution is 2.26. The summed E-state index contributed by atoms with van der Waals surface area (Å²) in [6.45, 7) is 3.10. The molecule has 0 unspecified atom stereocenters. The van der Waals surface area contributed by atoms with E-state index in [4.69, 9.17) is 4.74 Å². The zero-order valence-corrected chi connectivity index (χ0v) is 17.7. The number of likely N-dealkylation sites (tertiary alicyclic amines) is 1. The predicted octanol–water partition coefficient (Wildman–Crippen LogP) is 2.17. The maximum absolute atomic E-state index is 13.9. The maximum atomic E-state index is 13.9. The number of hydrogen-bond donors (Lipinski definition) is 0. The van der Waals surface area contributed by atoms with Crippen LogP contribution in [0.1, 0.15) is 32.6 Å². The summed E-state index contributed by atoms with van der Waals surface area (Å²) in [5.41, 5.74) is 0. The Kier molecular flexibility index (Phi) is 7.07. The van der Waals surface area contributed by atoms with Crippen molar-refractivity contribution >= 4 is 21.9 Å². The van der Waals surface area contributed by atoms with Crippen LogP contribution in [0.4, 0.5) is 8.78 Å². The normalized spacial score (nSPS) is 19.6. The Balaban J connectivity index is 1.50. The Hall–Kier alpha value is -2.07. The molecule has 0 N–H and O–H groups in total. The van der Waals surface area contributed by atoms with Gasteiger partial charge >= 0.3 is 5.97 Å². The number of hydrogen-bond acceptors (Lipinski definition) is 5. The second-order valence-corrected chi connectivity index (χ2v) is 9.83. The van der Waals surface area contributed by atoms with Gasteiger partial charge < -0.3 is 9.64 Å². The SMILES string of the molecule is CC1CCN(C(=O)COC(=O)C2CCN(S(=O)(=O)c3cc(F)ccc3F)CC2)CC1. The molecule has 10 heteroatoms. The van der Waals surface area contributed by atoms with Crippen LogP contribution in [0.15, 0.2) is 23.1 Å². The number of benzene rings is 1. The van der Waals surface area contributed by atoms with Gasteiger partial charge in [-0.3, -0.25) is 9.59 Å². The van der Waals surface area contributed by atoms with Gasteiger partial charge in [0.15, 0.2) is 6.61 Å². The van der Waals surface area contributed by atoms with Crippen LogP contribution in [0.25, 0.3) is 0 Å². The fourth-order valence-corrected chi connectivity index (χ4v) is 5.29. The first-order chi connectivity index (χ1) is 14.2. The van der Waals surface area contributed by atoms with E-state index in [0.717, 1.165) is 29.3 Å². The minimum atomic E-state index is -4.20. The number of rotatable bonds is 5. The van der Waals surface area contributed by atoms with Gasteiger partial charge in [-0.2, -0.15) is 4.31 Å². The van der Waals surface area contributed by atoms with Crippen molar-refractivity contribution < 1.29 is 31.5 Å². The molecule has 2 heterocycles. The van der Waals surface area contributed by atoms with E-state index < -0.39 is 38.4 Å². The topological polar surface area (TPSA) is 84.0 Å². The molecule has 0 aromatic heterocycles. The maximum Gasteiger partial charge on any atom is 0.309 e. The van der Waals surface area contributed by atoms with Crippen molar-refractivity contribution in [3.8, 4) is 0 Å².